The van der Waals surface area contributed by atoms with Gasteiger partial charge in [0.25, 0.3) is 0 Å². The summed E-state index contributed by atoms with van der Waals surface area (Å²) in [6, 6.07) is 7.53. The third-order valence-electron chi connectivity index (χ3n) is 6.46. The fourth-order valence-electron chi connectivity index (χ4n) is 4.38. The summed E-state index contributed by atoms with van der Waals surface area (Å²) in [5, 5.41) is 12.1. The summed E-state index contributed by atoms with van der Waals surface area (Å²) >= 11 is 6.12. The molecule has 1 unspecified atom stereocenters. The molecule has 9 nitrogen and oxygen atoms in total. The molecule has 2 aliphatic heterocycles. The molecule has 2 heterocycles. The van der Waals surface area contributed by atoms with E-state index in [1.807, 2.05) is 36.0 Å². The highest BCUT2D eigenvalue weighted by atomic mass is 32.2. The number of nitrogens with one attached hydrogen (secondary N) is 4. The van der Waals surface area contributed by atoms with Crippen LogP contribution in [0.25, 0.3) is 0 Å². The van der Waals surface area contributed by atoms with Crippen molar-refractivity contribution in [1.82, 2.24) is 21.3 Å². The Labute approximate surface area is 223 Å². The summed E-state index contributed by atoms with van der Waals surface area (Å²) in [6.45, 7) is 1.36. The second kappa shape index (κ2) is 15.2. The number of rotatable bonds is 16. The van der Waals surface area contributed by atoms with Crippen molar-refractivity contribution in [3.63, 3.8) is 0 Å². The summed E-state index contributed by atoms with van der Waals surface area (Å²) in [6.07, 6.45) is 5.46. The monoisotopic (exact) mass is 537 g/mol. The molecule has 0 aliphatic carbocycles. The Morgan fingerprint density at radius 2 is 1.92 bits per heavy atom. The first-order valence-electron chi connectivity index (χ1n) is 12.8. The molecule has 6 N–H and O–H groups in total. The lowest BCUT2D eigenvalue weighted by molar-refractivity contribution is -0.123. The van der Waals surface area contributed by atoms with Crippen LogP contribution in [0.3, 0.4) is 0 Å². The number of urea groups is 1. The first-order chi connectivity index (χ1) is 17.5. The maximum Gasteiger partial charge on any atom is 0.315 e. The van der Waals surface area contributed by atoms with Gasteiger partial charge in [0.2, 0.25) is 11.8 Å². The number of carbonyl (C=O) groups is 3. The third-order valence-corrected chi connectivity index (χ3v) is 8.33. The van der Waals surface area contributed by atoms with Crippen molar-refractivity contribution < 1.29 is 19.1 Å². The molecule has 11 heteroatoms. The molecule has 2 saturated heterocycles. The van der Waals surface area contributed by atoms with Crippen LogP contribution >= 0.6 is 24.4 Å². The van der Waals surface area contributed by atoms with E-state index in [1.165, 1.54) is 0 Å². The molecule has 0 spiro atoms. The van der Waals surface area contributed by atoms with E-state index in [1.54, 1.807) is 0 Å². The van der Waals surface area contributed by atoms with Crippen molar-refractivity contribution in [2.45, 2.75) is 74.1 Å². The van der Waals surface area contributed by atoms with E-state index in [2.05, 4.69) is 33.9 Å². The van der Waals surface area contributed by atoms with E-state index in [4.69, 9.17) is 10.5 Å². The van der Waals surface area contributed by atoms with Crippen molar-refractivity contribution in [3.05, 3.63) is 29.8 Å². The molecular weight excluding hydrogens is 498 g/mol. The van der Waals surface area contributed by atoms with Crippen LogP contribution in [-0.4, -0.2) is 66.7 Å². The summed E-state index contributed by atoms with van der Waals surface area (Å²) in [5.41, 5.74) is 7.10. The largest absolute Gasteiger partial charge is 0.492 e. The molecule has 2 aliphatic rings. The van der Waals surface area contributed by atoms with Crippen LogP contribution in [0.1, 0.15) is 50.5 Å². The Morgan fingerprint density at radius 3 is 2.69 bits per heavy atom. The van der Waals surface area contributed by atoms with E-state index in [-0.39, 0.29) is 29.9 Å². The summed E-state index contributed by atoms with van der Waals surface area (Å²) in [7, 11) is 0. The van der Waals surface area contributed by atoms with Crippen molar-refractivity contribution in [3.8, 4) is 5.75 Å². The SMILES string of the molecule is NC(CCCCNC(=O)CCCC[C@@H]1SC[C@@H]2NC(=O)N[C@@H]21)C(=O)NCCOc1ccc(CS)cc1. The highest BCUT2D eigenvalue weighted by Gasteiger charge is 2.42. The van der Waals surface area contributed by atoms with Crippen molar-refractivity contribution >= 4 is 42.2 Å². The van der Waals surface area contributed by atoms with Crippen molar-refractivity contribution in [1.29, 1.82) is 0 Å². The van der Waals surface area contributed by atoms with Crippen molar-refractivity contribution in [2.75, 3.05) is 25.4 Å². The normalized spacial score (nSPS) is 21.3. The maximum absolute atomic E-state index is 12.1. The lowest BCUT2D eigenvalue weighted by atomic mass is 10.0. The Bertz CT molecular complexity index is 857. The van der Waals surface area contributed by atoms with Gasteiger partial charge in [0.15, 0.2) is 0 Å². The minimum Gasteiger partial charge on any atom is -0.492 e. The lowest BCUT2D eigenvalue weighted by Crippen LogP contribution is -2.42. The van der Waals surface area contributed by atoms with Crippen LogP contribution in [0.5, 0.6) is 5.75 Å². The van der Waals surface area contributed by atoms with Gasteiger partial charge in [-0.15, -0.1) is 0 Å². The van der Waals surface area contributed by atoms with Gasteiger partial charge in [0.05, 0.1) is 24.7 Å². The number of benzene rings is 1. The number of hydrogen-bond donors (Lipinski definition) is 6. The van der Waals surface area contributed by atoms with Gasteiger partial charge in [-0.1, -0.05) is 18.6 Å². The molecule has 1 aromatic carbocycles. The molecule has 4 atom stereocenters. The molecule has 1 aromatic rings. The van der Waals surface area contributed by atoms with Gasteiger partial charge < -0.3 is 31.7 Å². The van der Waals surface area contributed by atoms with Crippen molar-refractivity contribution in [2.24, 2.45) is 5.73 Å². The summed E-state index contributed by atoms with van der Waals surface area (Å²) in [4.78, 5) is 35.6. The average molecular weight is 538 g/mol. The third kappa shape index (κ3) is 9.40. The molecule has 3 rings (SSSR count). The Hall–Kier alpha value is -2.11. The number of hydrogen-bond acceptors (Lipinski definition) is 7. The van der Waals surface area contributed by atoms with Gasteiger partial charge in [0.1, 0.15) is 12.4 Å². The quantitative estimate of drug-likeness (QED) is 0.108. The number of thioether (sulfide) groups is 1. The molecule has 0 aromatic heterocycles. The minimum atomic E-state index is -0.566. The number of amides is 4. The fourth-order valence-corrected chi connectivity index (χ4v) is 6.13. The molecule has 0 bridgehead atoms. The van der Waals surface area contributed by atoms with Gasteiger partial charge in [-0.05, 0) is 49.8 Å². The van der Waals surface area contributed by atoms with E-state index < -0.39 is 6.04 Å². The number of thiol groups is 1. The molecule has 36 heavy (non-hydrogen) atoms. The second-order valence-corrected chi connectivity index (χ2v) is 10.8. The zero-order chi connectivity index (χ0) is 25.8. The zero-order valence-electron chi connectivity index (χ0n) is 20.7. The predicted molar refractivity (Wildman–Crippen MR) is 146 cm³/mol. The predicted octanol–water partition coefficient (Wildman–Crippen LogP) is 1.95. The zero-order valence-corrected chi connectivity index (χ0v) is 22.4. The van der Waals surface area contributed by atoms with Crippen LogP contribution in [0.2, 0.25) is 0 Å². The van der Waals surface area contributed by atoms with E-state index in [0.717, 1.165) is 49.2 Å². The number of carbonyl (C=O) groups excluding carboxylic acids is 3. The second-order valence-electron chi connectivity index (χ2n) is 9.26. The summed E-state index contributed by atoms with van der Waals surface area (Å²) in [5.74, 6) is 2.27. The van der Waals surface area contributed by atoms with E-state index in [0.29, 0.717) is 43.5 Å². The summed E-state index contributed by atoms with van der Waals surface area (Å²) < 4.78 is 5.61. The first kappa shape index (κ1) is 28.5. The van der Waals surface area contributed by atoms with Crippen LogP contribution in [0.4, 0.5) is 4.79 Å². The van der Waals surface area contributed by atoms with E-state index in [9.17, 15) is 14.4 Å². The molecular formula is C25H39N5O4S2. The minimum absolute atomic E-state index is 0.0603. The number of nitrogens with two attached hydrogens (primary N) is 1. The van der Waals surface area contributed by atoms with Gasteiger partial charge in [-0.25, -0.2) is 4.79 Å². The van der Waals surface area contributed by atoms with Crippen LogP contribution in [-0.2, 0) is 15.3 Å². The number of fused-ring (bicyclic) bond motifs is 1. The number of ether oxygens (including phenoxy) is 1. The van der Waals surface area contributed by atoms with Gasteiger partial charge >= 0.3 is 6.03 Å². The smallest absolute Gasteiger partial charge is 0.315 e. The maximum atomic E-state index is 12.1. The Morgan fingerprint density at radius 1 is 1.11 bits per heavy atom. The van der Waals surface area contributed by atoms with Gasteiger partial charge in [0, 0.05) is 29.7 Å². The highest BCUT2D eigenvalue weighted by Crippen LogP contribution is 2.33. The van der Waals surface area contributed by atoms with E-state index >= 15 is 0 Å². The molecule has 0 radical (unpaired) electrons. The van der Waals surface area contributed by atoms with Crippen LogP contribution in [0.15, 0.2) is 24.3 Å². The molecule has 2 fully saturated rings. The van der Waals surface area contributed by atoms with Crippen LogP contribution < -0.4 is 31.7 Å². The molecule has 4 amide bonds. The molecule has 0 saturated carbocycles. The first-order valence-corrected chi connectivity index (χ1v) is 14.5. The van der Waals surface area contributed by atoms with Crippen LogP contribution in [0, 0.1) is 0 Å². The lowest BCUT2D eigenvalue weighted by Gasteiger charge is -2.16. The average Bonchev–Trinajstić information content (AvgIpc) is 3.43. The number of unbranched alkanes of at least 4 members (excludes halogenated alkanes) is 2. The van der Waals surface area contributed by atoms with Gasteiger partial charge in [-0.3, -0.25) is 9.59 Å². The Balaban J connectivity index is 1.14. The molecule has 200 valence electrons. The fraction of sp³-hybridized carbons (Fsp3) is 0.640. The Kier molecular flexibility index (Phi) is 12.0. The van der Waals surface area contributed by atoms with Gasteiger partial charge in [-0.2, -0.15) is 24.4 Å². The standard InChI is InChI=1S/C25H39N5O4S2/c26-19(24(32)28-13-14-34-18-10-8-17(15-35)9-11-18)5-3-4-12-27-22(31)7-2-1-6-21-23-20(16-36-21)29-25(33)30-23/h8-11,19-21,23,35H,1-7,12-16,26H2,(H,27,31)(H,28,32)(H2,29,30,33)/t19?,20-,21-,23-/m0/s1. The highest BCUT2D eigenvalue weighted by molar-refractivity contribution is 8.00. The topological polar surface area (TPSA) is 135 Å².